The molecule has 0 N–H and O–H groups in total. The predicted octanol–water partition coefficient (Wildman–Crippen LogP) is 4.03. The fourth-order valence-electron chi connectivity index (χ4n) is 1.41. The Morgan fingerprint density at radius 2 is 2.07 bits per heavy atom. The smallest absolute Gasteiger partial charge is 0.200 e. The molecule has 1 aromatic heterocycles. The number of ketones is 1. The third-order valence-corrected chi connectivity index (χ3v) is 2.74. The van der Waals surface area contributed by atoms with Crippen LogP contribution in [0.5, 0.6) is 0 Å². The SMILES string of the molecule is CC(C)C(=O)c1cc2ccc(Br)cc2o1. The Morgan fingerprint density at radius 3 is 2.73 bits per heavy atom. The Morgan fingerprint density at radius 1 is 1.33 bits per heavy atom. The predicted molar refractivity (Wildman–Crippen MR) is 63.1 cm³/mol. The first-order chi connectivity index (χ1) is 7.08. The lowest BCUT2D eigenvalue weighted by Crippen LogP contribution is -2.05. The van der Waals surface area contributed by atoms with Crippen LogP contribution in [0.15, 0.2) is 33.2 Å². The Bertz CT molecular complexity index is 511. The van der Waals surface area contributed by atoms with Gasteiger partial charge in [0.2, 0.25) is 5.78 Å². The minimum atomic E-state index is -0.0333. The fraction of sp³-hybridized carbons (Fsp3) is 0.250. The third-order valence-electron chi connectivity index (χ3n) is 2.25. The van der Waals surface area contributed by atoms with Crippen LogP contribution in [0.25, 0.3) is 11.0 Å². The van der Waals surface area contributed by atoms with Crippen LogP contribution in [-0.2, 0) is 0 Å². The Kier molecular flexibility index (Phi) is 2.65. The summed E-state index contributed by atoms with van der Waals surface area (Å²) in [7, 11) is 0. The number of carbonyl (C=O) groups is 1. The van der Waals surface area contributed by atoms with E-state index in [2.05, 4.69) is 15.9 Å². The molecule has 0 saturated heterocycles. The van der Waals surface area contributed by atoms with Crippen molar-refractivity contribution in [2.75, 3.05) is 0 Å². The molecule has 2 aromatic rings. The Labute approximate surface area is 96.4 Å². The van der Waals surface area contributed by atoms with E-state index in [0.717, 1.165) is 15.4 Å². The van der Waals surface area contributed by atoms with Crippen LogP contribution in [0.1, 0.15) is 24.4 Å². The van der Waals surface area contributed by atoms with Crippen LogP contribution in [0.3, 0.4) is 0 Å². The van der Waals surface area contributed by atoms with Gasteiger partial charge in [0.05, 0.1) is 0 Å². The maximum Gasteiger partial charge on any atom is 0.200 e. The lowest BCUT2D eigenvalue weighted by molar-refractivity contribution is 0.0913. The van der Waals surface area contributed by atoms with E-state index in [4.69, 9.17) is 4.42 Å². The molecule has 0 aliphatic heterocycles. The van der Waals surface area contributed by atoms with E-state index in [0.29, 0.717) is 5.76 Å². The van der Waals surface area contributed by atoms with Crippen molar-refractivity contribution >= 4 is 32.7 Å². The molecular weight excluding hydrogens is 256 g/mol. The summed E-state index contributed by atoms with van der Waals surface area (Å²) in [5.41, 5.74) is 0.744. The first-order valence-corrected chi connectivity index (χ1v) is 5.60. The van der Waals surface area contributed by atoms with Gasteiger partial charge in [0.1, 0.15) is 5.58 Å². The van der Waals surface area contributed by atoms with Crippen molar-refractivity contribution < 1.29 is 9.21 Å². The zero-order valence-corrected chi connectivity index (χ0v) is 10.2. The van der Waals surface area contributed by atoms with E-state index in [9.17, 15) is 4.79 Å². The molecule has 0 aliphatic rings. The van der Waals surface area contributed by atoms with Crippen molar-refractivity contribution in [3.8, 4) is 0 Å². The molecule has 1 heterocycles. The van der Waals surface area contributed by atoms with Crippen LogP contribution in [0, 0.1) is 5.92 Å². The van der Waals surface area contributed by atoms with Crippen molar-refractivity contribution in [2.45, 2.75) is 13.8 Å². The highest BCUT2D eigenvalue weighted by Gasteiger charge is 2.15. The molecule has 0 fully saturated rings. The van der Waals surface area contributed by atoms with E-state index < -0.39 is 0 Å². The van der Waals surface area contributed by atoms with Crippen molar-refractivity contribution in [3.63, 3.8) is 0 Å². The fourth-order valence-corrected chi connectivity index (χ4v) is 1.75. The number of carbonyl (C=O) groups excluding carboxylic acids is 1. The van der Waals surface area contributed by atoms with E-state index >= 15 is 0 Å². The standard InChI is InChI=1S/C12H11BrO2/c1-7(2)12(14)11-5-8-3-4-9(13)6-10(8)15-11/h3-7H,1-2H3. The van der Waals surface area contributed by atoms with Crippen molar-refractivity contribution in [1.29, 1.82) is 0 Å². The molecule has 0 amide bonds. The summed E-state index contributed by atoms with van der Waals surface area (Å²) in [5, 5.41) is 0.960. The molecule has 0 bridgehead atoms. The molecule has 3 heteroatoms. The molecule has 0 spiro atoms. The molecule has 15 heavy (non-hydrogen) atoms. The summed E-state index contributed by atoms with van der Waals surface area (Å²) in [6, 6.07) is 7.53. The summed E-state index contributed by atoms with van der Waals surface area (Å²) < 4.78 is 6.44. The molecule has 0 unspecified atom stereocenters. The van der Waals surface area contributed by atoms with E-state index in [1.54, 1.807) is 6.07 Å². The van der Waals surface area contributed by atoms with E-state index in [-0.39, 0.29) is 11.7 Å². The highest BCUT2D eigenvalue weighted by atomic mass is 79.9. The average molecular weight is 267 g/mol. The average Bonchev–Trinajstić information content (AvgIpc) is 2.58. The zero-order chi connectivity index (χ0) is 11.0. The first kappa shape index (κ1) is 10.4. The number of fused-ring (bicyclic) bond motifs is 1. The van der Waals surface area contributed by atoms with Gasteiger partial charge in [-0.2, -0.15) is 0 Å². The number of benzene rings is 1. The second-order valence-corrected chi connectivity index (χ2v) is 4.73. The van der Waals surface area contributed by atoms with Gasteiger partial charge in [0.25, 0.3) is 0 Å². The van der Waals surface area contributed by atoms with Crippen LogP contribution < -0.4 is 0 Å². The highest BCUT2D eigenvalue weighted by Crippen LogP contribution is 2.24. The number of halogens is 1. The Hall–Kier alpha value is -1.09. The number of Topliss-reactive ketones (excluding diaryl/α,β-unsaturated/α-hetero) is 1. The molecule has 2 nitrogen and oxygen atoms in total. The monoisotopic (exact) mass is 266 g/mol. The van der Waals surface area contributed by atoms with Gasteiger partial charge in [0.15, 0.2) is 5.76 Å². The lowest BCUT2D eigenvalue weighted by Gasteiger charge is -1.97. The topological polar surface area (TPSA) is 30.2 Å². The maximum atomic E-state index is 11.7. The maximum absolute atomic E-state index is 11.7. The number of rotatable bonds is 2. The first-order valence-electron chi connectivity index (χ1n) is 4.81. The Balaban J connectivity index is 2.52. The number of furan rings is 1. The van der Waals surface area contributed by atoms with Gasteiger partial charge in [-0.05, 0) is 24.3 Å². The van der Waals surface area contributed by atoms with Crippen LogP contribution in [0.2, 0.25) is 0 Å². The summed E-state index contributed by atoms with van der Waals surface area (Å²) >= 11 is 3.36. The third kappa shape index (κ3) is 1.97. The minimum Gasteiger partial charge on any atom is -0.453 e. The molecule has 0 radical (unpaired) electrons. The molecule has 1 aromatic carbocycles. The molecule has 0 saturated carbocycles. The summed E-state index contributed by atoms with van der Waals surface area (Å²) in [5.74, 6) is 0.453. The summed E-state index contributed by atoms with van der Waals surface area (Å²) in [4.78, 5) is 11.7. The quantitative estimate of drug-likeness (QED) is 0.769. The minimum absolute atomic E-state index is 0.0333. The zero-order valence-electron chi connectivity index (χ0n) is 8.58. The van der Waals surface area contributed by atoms with E-state index in [1.807, 2.05) is 32.0 Å². The van der Waals surface area contributed by atoms with Crippen molar-refractivity contribution in [2.24, 2.45) is 5.92 Å². The summed E-state index contributed by atoms with van der Waals surface area (Å²) in [6.45, 7) is 3.73. The van der Waals surface area contributed by atoms with Gasteiger partial charge in [0, 0.05) is 15.8 Å². The van der Waals surface area contributed by atoms with Crippen molar-refractivity contribution in [1.82, 2.24) is 0 Å². The van der Waals surface area contributed by atoms with Gasteiger partial charge in [-0.3, -0.25) is 4.79 Å². The second-order valence-electron chi connectivity index (χ2n) is 3.81. The van der Waals surface area contributed by atoms with Crippen LogP contribution in [-0.4, -0.2) is 5.78 Å². The molecular formula is C12H11BrO2. The molecule has 2 rings (SSSR count). The van der Waals surface area contributed by atoms with Gasteiger partial charge < -0.3 is 4.42 Å². The van der Waals surface area contributed by atoms with E-state index in [1.165, 1.54) is 0 Å². The molecule has 78 valence electrons. The highest BCUT2D eigenvalue weighted by molar-refractivity contribution is 9.10. The van der Waals surface area contributed by atoms with Gasteiger partial charge in [-0.15, -0.1) is 0 Å². The van der Waals surface area contributed by atoms with Gasteiger partial charge >= 0.3 is 0 Å². The van der Waals surface area contributed by atoms with Crippen molar-refractivity contribution in [3.05, 3.63) is 34.5 Å². The number of hydrogen-bond acceptors (Lipinski definition) is 2. The van der Waals surface area contributed by atoms with Gasteiger partial charge in [-0.1, -0.05) is 29.8 Å². The molecule has 0 atom stereocenters. The largest absolute Gasteiger partial charge is 0.453 e. The van der Waals surface area contributed by atoms with Gasteiger partial charge in [-0.25, -0.2) is 0 Å². The molecule has 0 aliphatic carbocycles. The lowest BCUT2D eigenvalue weighted by atomic mass is 10.1. The number of hydrogen-bond donors (Lipinski definition) is 0. The normalized spacial score (nSPS) is 11.2. The van der Waals surface area contributed by atoms with Crippen LogP contribution >= 0.6 is 15.9 Å². The second kappa shape index (κ2) is 3.81. The van der Waals surface area contributed by atoms with Crippen LogP contribution in [0.4, 0.5) is 0 Å². The summed E-state index contributed by atoms with van der Waals surface area (Å²) in [6.07, 6.45) is 0.